The summed E-state index contributed by atoms with van der Waals surface area (Å²) in [5.74, 6) is 0.666. The van der Waals surface area contributed by atoms with E-state index in [4.69, 9.17) is 0 Å². The van der Waals surface area contributed by atoms with E-state index in [1.807, 2.05) is 62.4 Å². The molecule has 1 aromatic heterocycles. The highest BCUT2D eigenvalue weighted by molar-refractivity contribution is 7.99. The Morgan fingerprint density at radius 1 is 1.21 bits per heavy atom. The molecule has 0 radical (unpaired) electrons. The average molecular weight is 407 g/mol. The van der Waals surface area contributed by atoms with E-state index in [1.165, 1.54) is 17.3 Å². The number of carbonyl (C=O) groups is 2. The Labute approximate surface area is 172 Å². The predicted octanol–water partition coefficient (Wildman–Crippen LogP) is 3.64. The Bertz CT molecular complexity index is 1050. The third-order valence-corrected chi connectivity index (χ3v) is 5.57. The van der Waals surface area contributed by atoms with Crippen LogP contribution < -0.4 is 10.2 Å². The zero-order valence-electron chi connectivity index (χ0n) is 16.2. The van der Waals surface area contributed by atoms with E-state index in [0.717, 1.165) is 5.56 Å². The van der Waals surface area contributed by atoms with Crippen LogP contribution in [0.1, 0.15) is 18.9 Å². The number of H-pyrrole nitrogens is 1. The average Bonchev–Trinajstić information content (AvgIpc) is 3.12. The van der Waals surface area contributed by atoms with E-state index in [-0.39, 0.29) is 30.0 Å². The van der Waals surface area contributed by atoms with Gasteiger partial charge in [0.2, 0.25) is 17.0 Å². The second kappa shape index (κ2) is 8.08. The molecule has 2 aromatic carbocycles. The summed E-state index contributed by atoms with van der Waals surface area (Å²) in [5.41, 5.74) is 3.49. The lowest BCUT2D eigenvalue weighted by molar-refractivity contribution is -0.117. The van der Waals surface area contributed by atoms with Crippen molar-refractivity contribution in [2.24, 2.45) is 0 Å². The maximum atomic E-state index is 13.0. The van der Waals surface area contributed by atoms with Gasteiger partial charge in [-0.25, -0.2) is 4.98 Å². The minimum absolute atomic E-state index is 0.0897. The van der Waals surface area contributed by atoms with Crippen LogP contribution in [-0.2, 0) is 9.59 Å². The SMILES string of the molecule is Cc1ccc(-c2nc(SCC(=O)N3c4ccccc4NC(=O)CC3C)n[nH]2)cc1. The molecule has 29 heavy (non-hydrogen) atoms. The molecular formula is C21H21N5O2S. The number of amides is 2. The van der Waals surface area contributed by atoms with Crippen molar-refractivity contribution >= 4 is 35.0 Å². The maximum Gasteiger partial charge on any atom is 0.237 e. The van der Waals surface area contributed by atoms with E-state index in [2.05, 4.69) is 20.5 Å². The van der Waals surface area contributed by atoms with Gasteiger partial charge < -0.3 is 10.2 Å². The molecule has 0 saturated heterocycles. The molecule has 1 aliphatic heterocycles. The Morgan fingerprint density at radius 3 is 2.76 bits per heavy atom. The van der Waals surface area contributed by atoms with E-state index in [1.54, 1.807) is 4.90 Å². The molecule has 0 aliphatic carbocycles. The lowest BCUT2D eigenvalue weighted by Gasteiger charge is -2.27. The molecular weight excluding hydrogens is 386 g/mol. The largest absolute Gasteiger partial charge is 0.324 e. The molecule has 7 nitrogen and oxygen atoms in total. The fourth-order valence-electron chi connectivity index (χ4n) is 3.32. The molecule has 1 aliphatic rings. The highest BCUT2D eigenvalue weighted by atomic mass is 32.2. The van der Waals surface area contributed by atoms with Crippen LogP contribution in [0.3, 0.4) is 0 Å². The first-order valence-corrected chi connectivity index (χ1v) is 10.3. The molecule has 2 amide bonds. The third kappa shape index (κ3) is 4.17. The number of rotatable bonds is 4. The number of aryl methyl sites for hydroxylation is 1. The quantitative estimate of drug-likeness (QED) is 0.645. The Balaban J connectivity index is 1.48. The van der Waals surface area contributed by atoms with E-state index < -0.39 is 0 Å². The van der Waals surface area contributed by atoms with Crippen molar-refractivity contribution in [1.29, 1.82) is 0 Å². The number of benzene rings is 2. The van der Waals surface area contributed by atoms with Crippen LogP contribution in [-0.4, -0.2) is 38.8 Å². The van der Waals surface area contributed by atoms with E-state index in [0.29, 0.717) is 22.4 Å². The van der Waals surface area contributed by atoms with Crippen LogP contribution in [0.15, 0.2) is 53.7 Å². The molecule has 0 spiro atoms. The number of aromatic amines is 1. The van der Waals surface area contributed by atoms with Crippen molar-refractivity contribution in [3.8, 4) is 11.4 Å². The minimum Gasteiger partial charge on any atom is -0.324 e. The van der Waals surface area contributed by atoms with Gasteiger partial charge in [0, 0.05) is 18.0 Å². The van der Waals surface area contributed by atoms with Crippen molar-refractivity contribution in [2.45, 2.75) is 31.5 Å². The second-order valence-corrected chi connectivity index (χ2v) is 7.95. The number of hydrogen-bond acceptors (Lipinski definition) is 5. The first-order chi connectivity index (χ1) is 14.0. The summed E-state index contributed by atoms with van der Waals surface area (Å²) in [6.07, 6.45) is 0.253. The highest BCUT2D eigenvalue weighted by Gasteiger charge is 2.29. The maximum absolute atomic E-state index is 13.0. The number of nitrogens with one attached hydrogen (secondary N) is 2. The molecule has 2 heterocycles. The summed E-state index contributed by atoms with van der Waals surface area (Å²) in [4.78, 5) is 31.3. The number of aromatic nitrogens is 3. The van der Waals surface area contributed by atoms with Crippen LogP contribution in [0.25, 0.3) is 11.4 Å². The molecule has 148 valence electrons. The van der Waals surface area contributed by atoms with Gasteiger partial charge in [-0.15, -0.1) is 5.10 Å². The number of para-hydroxylation sites is 2. The monoisotopic (exact) mass is 407 g/mol. The van der Waals surface area contributed by atoms with Crippen molar-refractivity contribution in [3.05, 3.63) is 54.1 Å². The first kappa shape index (κ1) is 19.2. The summed E-state index contributed by atoms with van der Waals surface area (Å²) >= 11 is 1.28. The van der Waals surface area contributed by atoms with Gasteiger partial charge >= 0.3 is 0 Å². The summed E-state index contributed by atoms with van der Waals surface area (Å²) in [5, 5.41) is 10.5. The molecule has 1 unspecified atom stereocenters. The summed E-state index contributed by atoms with van der Waals surface area (Å²) < 4.78 is 0. The van der Waals surface area contributed by atoms with Crippen LogP contribution in [0.4, 0.5) is 11.4 Å². The molecule has 0 saturated carbocycles. The van der Waals surface area contributed by atoms with Gasteiger partial charge in [-0.1, -0.05) is 53.7 Å². The third-order valence-electron chi connectivity index (χ3n) is 4.74. The van der Waals surface area contributed by atoms with Crippen LogP contribution in [0.2, 0.25) is 0 Å². The van der Waals surface area contributed by atoms with E-state index in [9.17, 15) is 9.59 Å². The van der Waals surface area contributed by atoms with Crippen molar-refractivity contribution in [1.82, 2.24) is 15.2 Å². The molecule has 4 rings (SSSR count). The number of hydrogen-bond donors (Lipinski definition) is 2. The summed E-state index contributed by atoms with van der Waals surface area (Å²) in [6.45, 7) is 3.91. The number of fused-ring (bicyclic) bond motifs is 1. The fourth-order valence-corrected chi connectivity index (χ4v) is 3.97. The minimum atomic E-state index is -0.234. The lowest BCUT2D eigenvalue weighted by atomic mass is 10.1. The van der Waals surface area contributed by atoms with Crippen molar-refractivity contribution in [2.75, 3.05) is 16.0 Å². The number of anilines is 2. The van der Waals surface area contributed by atoms with Gasteiger partial charge in [0.15, 0.2) is 5.82 Å². The summed E-state index contributed by atoms with van der Waals surface area (Å²) in [7, 11) is 0. The number of nitrogens with zero attached hydrogens (tertiary/aromatic N) is 3. The Hall–Kier alpha value is -3.13. The van der Waals surface area contributed by atoms with Gasteiger partial charge in [0.05, 0.1) is 17.1 Å². The van der Waals surface area contributed by atoms with Crippen LogP contribution >= 0.6 is 11.8 Å². The van der Waals surface area contributed by atoms with Crippen molar-refractivity contribution in [3.63, 3.8) is 0 Å². The lowest BCUT2D eigenvalue weighted by Crippen LogP contribution is -2.40. The standard InChI is InChI=1S/C21H21N5O2S/c1-13-7-9-15(10-8-13)20-23-21(25-24-20)29-12-19(28)26-14(2)11-18(27)22-16-5-3-4-6-17(16)26/h3-10,14H,11-12H2,1-2H3,(H,22,27)(H,23,24,25). The molecule has 1 atom stereocenters. The van der Waals surface area contributed by atoms with Crippen LogP contribution in [0.5, 0.6) is 0 Å². The van der Waals surface area contributed by atoms with Gasteiger partial charge in [0.25, 0.3) is 0 Å². The summed E-state index contributed by atoms with van der Waals surface area (Å²) in [6, 6.07) is 15.1. The molecule has 2 N–H and O–H groups in total. The van der Waals surface area contributed by atoms with Gasteiger partial charge in [-0.3, -0.25) is 14.7 Å². The fraction of sp³-hybridized carbons (Fsp3) is 0.238. The number of carbonyl (C=O) groups excluding carboxylic acids is 2. The smallest absolute Gasteiger partial charge is 0.237 e. The van der Waals surface area contributed by atoms with Gasteiger partial charge in [0.1, 0.15) is 0 Å². The molecule has 0 fully saturated rings. The predicted molar refractivity (Wildman–Crippen MR) is 114 cm³/mol. The number of thioether (sulfide) groups is 1. The van der Waals surface area contributed by atoms with Crippen molar-refractivity contribution < 1.29 is 9.59 Å². The topological polar surface area (TPSA) is 91.0 Å². The molecule has 0 bridgehead atoms. The Morgan fingerprint density at radius 2 is 1.97 bits per heavy atom. The zero-order valence-corrected chi connectivity index (χ0v) is 17.0. The van der Waals surface area contributed by atoms with Crippen LogP contribution in [0, 0.1) is 6.92 Å². The van der Waals surface area contributed by atoms with Gasteiger partial charge in [-0.2, -0.15) is 0 Å². The zero-order chi connectivity index (χ0) is 20.4. The van der Waals surface area contributed by atoms with Gasteiger partial charge in [-0.05, 0) is 26.0 Å². The molecule has 8 heteroatoms. The second-order valence-electron chi connectivity index (χ2n) is 7.00. The first-order valence-electron chi connectivity index (χ1n) is 9.34. The van der Waals surface area contributed by atoms with E-state index >= 15 is 0 Å². The highest BCUT2D eigenvalue weighted by Crippen LogP contribution is 2.32. The Kier molecular flexibility index (Phi) is 5.35. The molecule has 3 aromatic rings. The normalized spacial score (nSPS) is 16.1.